The SMILES string of the molecule is C=Cc1ccc(-c2ccc(C)c(-c3cc(N(c4ccccc4)c4ccc(N(c5ccccc5)c5ccc6c(c5)c5cc(-c7ccc(C=C)cc7)ccc5n6-c5ccccc5)cc4)ccc3C)c2)cc1. The van der Waals surface area contributed by atoms with E-state index in [-0.39, 0.29) is 0 Å². The molecule has 0 amide bonds. The fourth-order valence-corrected chi connectivity index (χ4v) is 9.74. The van der Waals surface area contributed by atoms with Crippen LogP contribution >= 0.6 is 0 Å². The second kappa shape index (κ2) is 18.4. The van der Waals surface area contributed by atoms with E-state index in [1.54, 1.807) is 0 Å². The number of benzene rings is 10. The van der Waals surface area contributed by atoms with Crippen molar-refractivity contribution in [3.8, 4) is 39.1 Å². The average molecular weight is 886 g/mol. The van der Waals surface area contributed by atoms with Crippen LogP contribution in [0.5, 0.6) is 0 Å². The highest BCUT2D eigenvalue weighted by atomic mass is 15.2. The van der Waals surface area contributed by atoms with Gasteiger partial charge in [0, 0.05) is 50.6 Å². The Kier molecular flexibility index (Phi) is 11.4. The normalized spacial score (nSPS) is 11.2. The minimum atomic E-state index is 1.06. The molecule has 0 unspecified atom stereocenters. The second-order valence-electron chi connectivity index (χ2n) is 17.6. The summed E-state index contributed by atoms with van der Waals surface area (Å²) < 4.78 is 2.38. The number of hydrogen-bond donors (Lipinski definition) is 0. The van der Waals surface area contributed by atoms with E-state index in [4.69, 9.17) is 0 Å². The van der Waals surface area contributed by atoms with Gasteiger partial charge in [0.25, 0.3) is 0 Å². The van der Waals surface area contributed by atoms with Crippen molar-refractivity contribution in [1.29, 1.82) is 0 Å². The van der Waals surface area contributed by atoms with Crippen LogP contribution in [0.4, 0.5) is 34.1 Å². The monoisotopic (exact) mass is 885 g/mol. The van der Waals surface area contributed by atoms with E-state index in [0.717, 1.165) is 62.0 Å². The Hall–Kier alpha value is -8.92. The molecular formula is C66H51N3. The van der Waals surface area contributed by atoms with Gasteiger partial charge >= 0.3 is 0 Å². The second-order valence-corrected chi connectivity index (χ2v) is 17.6. The molecule has 0 radical (unpaired) electrons. The number of hydrogen-bond acceptors (Lipinski definition) is 2. The van der Waals surface area contributed by atoms with Crippen molar-refractivity contribution in [3.05, 3.63) is 272 Å². The first-order chi connectivity index (χ1) is 33.9. The smallest absolute Gasteiger partial charge is 0.0542 e. The fourth-order valence-electron chi connectivity index (χ4n) is 9.74. The molecule has 0 spiro atoms. The van der Waals surface area contributed by atoms with Gasteiger partial charge in [0.1, 0.15) is 0 Å². The number of fused-ring (bicyclic) bond motifs is 3. The van der Waals surface area contributed by atoms with Crippen LogP contribution in [-0.2, 0) is 0 Å². The Balaban J connectivity index is 1.01. The van der Waals surface area contributed by atoms with Crippen molar-refractivity contribution in [2.24, 2.45) is 0 Å². The molecule has 0 atom stereocenters. The predicted octanol–water partition coefficient (Wildman–Crippen LogP) is 18.6. The van der Waals surface area contributed by atoms with E-state index in [0.29, 0.717) is 0 Å². The lowest BCUT2D eigenvalue weighted by atomic mass is 9.92. The third-order valence-corrected chi connectivity index (χ3v) is 13.4. The molecule has 0 N–H and O–H groups in total. The summed E-state index contributed by atoms with van der Waals surface area (Å²) in [6.45, 7) is 12.3. The Bertz CT molecular complexity index is 3630. The summed E-state index contributed by atoms with van der Waals surface area (Å²) in [5.41, 5.74) is 21.8. The third-order valence-electron chi connectivity index (χ3n) is 13.4. The molecule has 330 valence electrons. The zero-order chi connectivity index (χ0) is 46.8. The molecular weight excluding hydrogens is 835 g/mol. The molecule has 0 aliphatic carbocycles. The highest BCUT2D eigenvalue weighted by Crippen LogP contribution is 2.44. The lowest BCUT2D eigenvalue weighted by Crippen LogP contribution is -2.12. The van der Waals surface area contributed by atoms with Crippen molar-refractivity contribution in [1.82, 2.24) is 4.57 Å². The number of anilines is 6. The van der Waals surface area contributed by atoms with E-state index in [2.05, 4.69) is 278 Å². The molecule has 0 saturated heterocycles. The number of aromatic nitrogens is 1. The molecule has 10 aromatic carbocycles. The van der Waals surface area contributed by atoms with Crippen molar-refractivity contribution >= 4 is 68.1 Å². The first kappa shape index (κ1) is 42.7. The topological polar surface area (TPSA) is 11.4 Å². The van der Waals surface area contributed by atoms with E-state index < -0.39 is 0 Å². The maximum absolute atomic E-state index is 3.96. The lowest BCUT2D eigenvalue weighted by molar-refractivity contribution is 1.18. The van der Waals surface area contributed by atoms with Gasteiger partial charge in [-0.25, -0.2) is 0 Å². The summed E-state index contributed by atoms with van der Waals surface area (Å²) in [6, 6.07) is 85.7. The van der Waals surface area contributed by atoms with Gasteiger partial charge in [-0.15, -0.1) is 0 Å². The largest absolute Gasteiger partial charge is 0.310 e. The summed E-state index contributed by atoms with van der Waals surface area (Å²) in [6.07, 6.45) is 3.78. The Morgan fingerprint density at radius 1 is 0.333 bits per heavy atom. The van der Waals surface area contributed by atoms with Gasteiger partial charge in [-0.2, -0.15) is 0 Å². The zero-order valence-corrected chi connectivity index (χ0v) is 38.9. The van der Waals surface area contributed by atoms with Crippen molar-refractivity contribution < 1.29 is 0 Å². The van der Waals surface area contributed by atoms with Crippen LogP contribution in [0.15, 0.2) is 250 Å². The molecule has 11 rings (SSSR count). The van der Waals surface area contributed by atoms with Gasteiger partial charge in [-0.1, -0.05) is 153 Å². The molecule has 0 aliphatic rings. The lowest BCUT2D eigenvalue weighted by Gasteiger charge is -2.29. The average Bonchev–Trinajstić information content (AvgIpc) is 3.74. The Morgan fingerprint density at radius 3 is 1.25 bits per heavy atom. The molecule has 1 heterocycles. The molecule has 1 aromatic heterocycles. The molecule has 69 heavy (non-hydrogen) atoms. The zero-order valence-electron chi connectivity index (χ0n) is 38.9. The molecule has 0 saturated carbocycles. The summed E-state index contributed by atoms with van der Waals surface area (Å²) >= 11 is 0. The first-order valence-electron chi connectivity index (χ1n) is 23.6. The van der Waals surface area contributed by atoms with Crippen LogP contribution in [0.2, 0.25) is 0 Å². The van der Waals surface area contributed by atoms with Gasteiger partial charge < -0.3 is 14.4 Å². The van der Waals surface area contributed by atoms with Crippen molar-refractivity contribution in [2.45, 2.75) is 13.8 Å². The van der Waals surface area contributed by atoms with E-state index >= 15 is 0 Å². The minimum absolute atomic E-state index is 1.06. The van der Waals surface area contributed by atoms with Gasteiger partial charge in [0.15, 0.2) is 0 Å². The van der Waals surface area contributed by atoms with Crippen LogP contribution < -0.4 is 9.80 Å². The Labute approximate surface area is 405 Å². The molecule has 3 heteroatoms. The quantitative estimate of drug-likeness (QED) is 0.121. The van der Waals surface area contributed by atoms with Gasteiger partial charge in [0.05, 0.1) is 11.0 Å². The van der Waals surface area contributed by atoms with Crippen LogP contribution in [0.3, 0.4) is 0 Å². The van der Waals surface area contributed by atoms with E-state index in [1.807, 2.05) is 12.2 Å². The number of rotatable bonds is 12. The van der Waals surface area contributed by atoms with Gasteiger partial charge in [-0.3, -0.25) is 0 Å². The van der Waals surface area contributed by atoms with Crippen molar-refractivity contribution in [2.75, 3.05) is 9.80 Å². The summed E-state index contributed by atoms with van der Waals surface area (Å²) in [5.74, 6) is 0. The highest BCUT2D eigenvalue weighted by molar-refractivity contribution is 6.12. The summed E-state index contributed by atoms with van der Waals surface area (Å²) in [7, 11) is 0. The molecule has 11 aromatic rings. The number of nitrogens with zero attached hydrogens (tertiary/aromatic N) is 3. The first-order valence-corrected chi connectivity index (χ1v) is 23.6. The van der Waals surface area contributed by atoms with Gasteiger partial charge in [0.2, 0.25) is 0 Å². The van der Waals surface area contributed by atoms with Crippen LogP contribution in [0, 0.1) is 13.8 Å². The Morgan fingerprint density at radius 2 is 0.710 bits per heavy atom. The fraction of sp³-hybridized carbons (Fsp3) is 0.0303. The van der Waals surface area contributed by atoms with Gasteiger partial charge in [-0.05, 0) is 179 Å². The predicted molar refractivity (Wildman–Crippen MR) is 296 cm³/mol. The molecule has 3 nitrogen and oxygen atoms in total. The maximum atomic E-state index is 3.96. The van der Waals surface area contributed by atoms with Crippen LogP contribution in [-0.4, -0.2) is 4.57 Å². The molecule has 0 aliphatic heterocycles. The highest BCUT2D eigenvalue weighted by Gasteiger charge is 2.20. The molecule has 0 bridgehead atoms. The number of aryl methyl sites for hydroxylation is 2. The third kappa shape index (κ3) is 8.21. The summed E-state index contributed by atoms with van der Waals surface area (Å²) in [4.78, 5) is 4.73. The van der Waals surface area contributed by atoms with Crippen molar-refractivity contribution in [3.63, 3.8) is 0 Å². The maximum Gasteiger partial charge on any atom is 0.0542 e. The van der Waals surface area contributed by atoms with Crippen LogP contribution in [0.25, 0.3) is 73.0 Å². The minimum Gasteiger partial charge on any atom is -0.310 e. The molecule has 0 fully saturated rings. The number of para-hydroxylation sites is 3. The standard InChI is InChI=1S/C66H51N3/c1-5-48-24-29-50(30-25-48)52-28-22-46(3)61(42-52)62-44-59(34-23-47(62)4)67(54-16-10-7-11-17-54)57-35-37-58(38-36-57)68(55-18-12-8-13-19-55)60-39-41-66-64(45-60)63-43-53(51-31-26-49(6-2)27-32-51)33-40-65(63)69(66)56-20-14-9-15-21-56/h5-45H,1-2H2,3-4H3. The summed E-state index contributed by atoms with van der Waals surface area (Å²) in [5, 5.41) is 2.38. The van der Waals surface area contributed by atoms with E-state index in [1.165, 1.54) is 55.3 Å². The van der Waals surface area contributed by atoms with E-state index in [9.17, 15) is 0 Å². The van der Waals surface area contributed by atoms with Crippen LogP contribution in [0.1, 0.15) is 22.3 Å².